The standard InChI is InChI=1S/C21H27NO6/c1-5-27-17(24)11-21(9-15(23)10-21)14-7-6-13-12-22(18(25)16(13)8-14)19(26)28-20(2,3)4/h6-8,15,23H,5,9-12H2,1-4H3. The average Bonchev–Trinajstić information content (AvgIpc) is 2.88. The van der Waals surface area contributed by atoms with Crippen LogP contribution < -0.4 is 0 Å². The van der Waals surface area contributed by atoms with E-state index >= 15 is 0 Å². The minimum atomic E-state index is -0.691. The molecule has 7 heteroatoms. The number of ether oxygens (including phenoxy) is 2. The molecule has 2 amide bonds. The fourth-order valence-electron chi connectivity index (χ4n) is 3.91. The lowest BCUT2D eigenvalue weighted by Gasteiger charge is -2.45. The van der Waals surface area contributed by atoms with E-state index in [9.17, 15) is 19.5 Å². The Morgan fingerprint density at radius 2 is 1.96 bits per heavy atom. The minimum absolute atomic E-state index is 0.153. The highest BCUT2D eigenvalue weighted by Gasteiger charge is 2.47. The molecule has 0 saturated heterocycles. The van der Waals surface area contributed by atoms with Gasteiger partial charge in [0.2, 0.25) is 0 Å². The van der Waals surface area contributed by atoms with Crippen LogP contribution >= 0.6 is 0 Å². The van der Waals surface area contributed by atoms with Crippen molar-refractivity contribution < 1.29 is 29.0 Å². The van der Waals surface area contributed by atoms with Gasteiger partial charge in [-0.15, -0.1) is 0 Å². The Kier molecular flexibility index (Phi) is 5.23. The third-order valence-corrected chi connectivity index (χ3v) is 5.18. The van der Waals surface area contributed by atoms with Gasteiger partial charge in [-0.05, 0) is 57.7 Å². The maximum Gasteiger partial charge on any atom is 0.417 e. The zero-order chi connectivity index (χ0) is 20.7. The summed E-state index contributed by atoms with van der Waals surface area (Å²) in [4.78, 5) is 38.3. The quantitative estimate of drug-likeness (QED) is 0.796. The highest BCUT2D eigenvalue weighted by Crippen LogP contribution is 2.47. The Morgan fingerprint density at radius 3 is 2.54 bits per heavy atom. The molecule has 0 aromatic heterocycles. The van der Waals surface area contributed by atoms with Gasteiger partial charge >= 0.3 is 12.1 Å². The van der Waals surface area contributed by atoms with Crippen molar-refractivity contribution in [3.63, 3.8) is 0 Å². The molecule has 0 atom stereocenters. The molecule has 1 aliphatic carbocycles. The summed E-state index contributed by atoms with van der Waals surface area (Å²) < 4.78 is 10.4. The lowest BCUT2D eigenvalue weighted by Crippen LogP contribution is -2.46. The first-order valence-electron chi connectivity index (χ1n) is 9.56. The number of amides is 2. The number of rotatable bonds is 4. The molecule has 1 heterocycles. The van der Waals surface area contributed by atoms with Gasteiger partial charge in [0.1, 0.15) is 5.60 Å². The van der Waals surface area contributed by atoms with E-state index in [1.54, 1.807) is 33.8 Å². The maximum absolute atomic E-state index is 12.8. The number of aliphatic hydroxyl groups excluding tert-OH is 1. The molecule has 1 aromatic carbocycles. The van der Waals surface area contributed by atoms with Crippen LogP contribution in [-0.4, -0.2) is 46.3 Å². The second kappa shape index (κ2) is 7.20. The molecule has 1 aliphatic heterocycles. The van der Waals surface area contributed by atoms with Gasteiger partial charge in [0.15, 0.2) is 0 Å². The largest absolute Gasteiger partial charge is 0.466 e. The van der Waals surface area contributed by atoms with Crippen LogP contribution in [0.15, 0.2) is 18.2 Å². The van der Waals surface area contributed by atoms with Crippen LogP contribution in [0.3, 0.4) is 0 Å². The Balaban J connectivity index is 1.84. The van der Waals surface area contributed by atoms with Crippen molar-refractivity contribution in [1.29, 1.82) is 0 Å². The van der Waals surface area contributed by atoms with E-state index in [0.717, 1.165) is 16.0 Å². The number of benzene rings is 1. The minimum Gasteiger partial charge on any atom is -0.466 e. The first kappa shape index (κ1) is 20.3. The number of carbonyl (C=O) groups is 3. The summed E-state index contributed by atoms with van der Waals surface area (Å²) in [6, 6.07) is 5.42. The lowest BCUT2D eigenvalue weighted by atomic mass is 9.60. The molecule has 152 valence electrons. The molecular weight excluding hydrogens is 362 g/mol. The Bertz CT molecular complexity index is 804. The van der Waals surface area contributed by atoms with Gasteiger partial charge in [0.25, 0.3) is 5.91 Å². The summed E-state index contributed by atoms with van der Waals surface area (Å²) in [7, 11) is 0. The van der Waals surface area contributed by atoms with Crippen molar-refractivity contribution in [3.8, 4) is 0 Å². The number of nitrogens with zero attached hydrogens (tertiary/aromatic N) is 1. The number of imide groups is 1. The predicted molar refractivity (Wildman–Crippen MR) is 101 cm³/mol. The molecule has 1 aromatic rings. The van der Waals surface area contributed by atoms with Crippen LogP contribution in [0.1, 0.15) is 68.4 Å². The molecule has 28 heavy (non-hydrogen) atoms. The summed E-state index contributed by atoms with van der Waals surface area (Å²) >= 11 is 0. The summed E-state index contributed by atoms with van der Waals surface area (Å²) in [5.41, 5.74) is 0.756. The van der Waals surface area contributed by atoms with Gasteiger partial charge in [-0.25, -0.2) is 9.69 Å². The molecule has 1 N–H and O–H groups in total. The van der Waals surface area contributed by atoms with Crippen molar-refractivity contribution in [2.75, 3.05) is 6.61 Å². The van der Waals surface area contributed by atoms with Crippen molar-refractivity contribution in [3.05, 3.63) is 34.9 Å². The maximum atomic E-state index is 12.8. The normalized spacial score (nSPS) is 23.8. The van der Waals surface area contributed by atoms with E-state index in [4.69, 9.17) is 9.47 Å². The zero-order valence-electron chi connectivity index (χ0n) is 16.8. The van der Waals surface area contributed by atoms with Gasteiger partial charge in [0.05, 0.1) is 25.7 Å². The van der Waals surface area contributed by atoms with Crippen molar-refractivity contribution in [2.24, 2.45) is 0 Å². The second-order valence-corrected chi connectivity index (χ2v) is 8.57. The molecule has 1 fully saturated rings. The Morgan fingerprint density at radius 1 is 1.29 bits per heavy atom. The Hall–Kier alpha value is -2.41. The van der Waals surface area contributed by atoms with Crippen LogP contribution in [0.4, 0.5) is 4.79 Å². The van der Waals surface area contributed by atoms with E-state index in [2.05, 4.69) is 0 Å². The third-order valence-electron chi connectivity index (χ3n) is 5.18. The van der Waals surface area contributed by atoms with E-state index in [1.807, 2.05) is 12.1 Å². The van der Waals surface area contributed by atoms with Gasteiger partial charge < -0.3 is 14.6 Å². The number of fused-ring (bicyclic) bond motifs is 1. The molecule has 7 nitrogen and oxygen atoms in total. The van der Waals surface area contributed by atoms with E-state index < -0.39 is 29.1 Å². The SMILES string of the molecule is CCOC(=O)CC1(c2ccc3c(c2)C(=O)N(C(=O)OC(C)(C)C)C3)CC(O)C1. The molecular formula is C21H27NO6. The Labute approximate surface area is 164 Å². The highest BCUT2D eigenvalue weighted by molar-refractivity contribution is 6.06. The molecule has 0 unspecified atom stereocenters. The first-order valence-corrected chi connectivity index (χ1v) is 9.56. The van der Waals surface area contributed by atoms with Crippen molar-refractivity contribution in [2.45, 2.75) is 70.6 Å². The average molecular weight is 389 g/mol. The number of hydrogen-bond donors (Lipinski definition) is 1. The molecule has 0 spiro atoms. The smallest absolute Gasteiger partial charge is 0.417 e. The van der Waals surface area contributed by atoms with Gasteiger partial charge in [-0.3, -0.25) is 9.59 Å². The molecule has 3 rings (SSSR count). The topological polar surface area (TPSA) is 93.1 Å². The van der Waals surface area contributed by atoms with Crippen molar-refractivity contribution in [1.82, 2.24) is 4.90 Å². The molecule has 0 radical (unpaired) electrons. The summed E-state index contributed by atoms with van der Waals surface area (Å²) in [5.74, 6) is -0.728. The van der Waals surface area contributed by atoms with Crippen LogP contribution in [0, 0.1) is 0 Å². The van der Waals surface area contributed by atoms with E-state index in [0.29, 0.717) is 25.0 Å². The fourth-order valence-corrected chi connectivity index (χ4v) is 3.91. The molecule has 0 bridgehead atoms. The predicted octanol–water partition coefficient (Wildman–Crippen LogP) is 2.92. The zero-order valence-corrected chi connectivity index (χ0v) is 16.8. The van der Waals surface area contributed by atoms with Crippen molar-refractivity contribution >= 4 is 18.0 Å². The summed E-state index contributed by atoms with van der Waals surface area (Å²) in [5, 5.41) is 9.87. The summed E-state index contributed by atoms with van der Waals surface area (Å²) in [6.07, 6.45) is -0.115. The van der Waals surface area contributed by atoms with Crippen LogP contribution in [0.2, 0.25) is 0 Å². The number of esters is 1. The third kappa shape index (κ3) is 3.90. The van der Waals surface area contributed by atoms with Gasteiger partial charge in [0, 0.05) is 11.0 Å². The molecule has 2 aliphatic rings. The number of aliphatic hydroxyl groups is 1. The number of carbonyl (C=O) groups excluding carboxylic acids is 3. The highest BCUT2D eigenvalue weighted by atomic mass is 16.6. The lowest BCUT2D eigenvalue weighted by molar-refractivity contribution is -0.147. The molecule has 1 saturated carbocycles. The van der Waals surface area contributed by atoms with Crippen LogP contribution in [-0.2, 0) is 26.2 Å². The second-order valence-electron chi connectivity index (χ2n) is 8.57. The van der Waals surface area contributed by atoms with Gasteiger partial charge in [-0.2, -0.15) is 0 Å². The van der Waals surface area contributed by atoms with Crippen LogP contribution in [0.5, 0.6) is 0 Å². The first-order chi connectivity index (χ1) is 13.0. The number of hydrogen-bond acceptors (Lipinski definition) is 6. The summed E-state index contributed by atoms with van der Waals surface area (Å²) in [6.45, 7) is 7.45. The fraction of sp³-hybridized carbons (Fsp3) is 0.571. The van der Waals surface area contributed by atoms with Gasteiger partial charge in [-0.1, -0.05) is 12.1 Å². The van der Waals surface area contributed by atoms with E-state index in [-0.39, 0.29) is 18.9 Å². The van der Waals surface area contributed by atoms with Crippen LogP contribution in [0.25, 0.3) is 0 Å². The van der Waals surface area contributed by atoms with E-state index in [1.165, 1.54) is 0 Å². The monoisotopic (exact) mass is 389 g/mol.